The molecule has 0 aromatic heterocycles. The number of methoxy groups -OCH3 is 1. The quantitative estimate of drug-likeness (QED) is 0.101. The van der Waals surface area contributed by atoms with Gasteiger partial charge in [-0.1, -0.05) is 12.1 Å². The number of aliphatic hydroxyl groups is 3. The number of ether oxygens (including phenoxy) is 5. The summed E-state index contributed by atoms with van der Waals surface area (Å²) in [5, 5.41) is 82.0. The van der Waals surface area contributed by atoms with E-state index in [9.17, 15) is 45.6 Å². The van der Waals surface area contributed by atoms with Gasteiger partial charge >= 0.3 is 5.97 Å². The fourth-order valence-corrected chi connectivity index (χ4v) is 4.74. The highest BCUT2D eigenvalue weighted by atomic mass is 16.7. The fraction of sp³-hybridized carbons (Fsp3) is 0.258. The molecule has 1 saturated heterocycles. The minimum absolute atomic E-state index is 0.0158. The van der Waals surface area contributed by atoms with E-state index in [0.29, 0.717) is 5.56 Å². The van der Waals surface area contributed by atoms with Crippen molar-refractivity contribution >= 4 is 18.1 Å². The lowest BCUT2D eigenvalue weighted by molar-refractivity contribution is -0.294. The third-order valence-corrected chi connectivity index (χ3v) is 7.11. The van der Waals surface area contributed by atoms with Crippen molar-refractivity contribution in [2.45, 2.75) is 36.8 Å². The van der Waals surface area contributed by atoms with Crippen LogP contribution in [-0.2, 0) is 19.0 Å². The van der Waals surface area contributed by atoms with Gasteiger partial charge in [0.15, 0.2) is 17.6 Å². The van der Waals surface area contributed by atoms with Gasteiger partial charge in [0.25, 0.3) is 0 Å². The van der Waals surface area contributed by atoms with Crippen molar-refractivity contribution < 1.29 is 69.3 Å². The van der Waals surface area contributed by atoms with Gasteiger partial charge in [0, 0.05) is 23.8 Å². The standard InChI is InChI=1S/C31H30O14/c1-41-22-9-15(8-20(35)26(22)37)30-23(12-18-19(34)10-17(33)11-21(18)43-30)44-31-29(40)28(39)27(38)24(45-31)13-42-25(36)7-4-14-2-5-16(32)6-3-14/h2-12,24,27-35,37-40H,13H2,1H3. The molecule has 14 heteroatoms. The molecule has 0 aliphatic carbocycles. The Balaban J connectivity index is 1.38. The van der Waals surface area contributed by atoms with Crippen LogP contribution < -0.4 is 9.47 Å². The molecule has 0 spiro atoms. The van der Waals surface area contributed by atoms with Gasteiger partial charge in [0.1, 0.15) is 59.8 Å². The maximum Gasteiger partial charge on any atom is 0.330 e. The van der Waals surface area contributed by atoms with Gasteiger partial charge in [-0.25, -0.2) is 4.79 Å². The molecule has 2 aliphatic heterocycles. The van der Waals surface area contributed by atoms with Crippen LogP contribution in [0.25, 0.3) is 12.2 Å². The van der Waals surface area contributed by atoms with Crippen LogP contribution in [-0.4, -0.2) is 91.2 Å². The Morgan fingerprint density at radius 1 is 0.889 bits per heavy atom. The summed E-state index contributed by atoms with van der Waals surface area (Å²) in [7, 11) is 1.26. The van der Waals surface area contributed by atoms with Gasteiger partial charge in [0.05, 0.1) is 12.7 Å². The molecule has 6 unspecified atom stereocenters. The number of hydrogen-bond donors (Lipinski definition) is 8. The van der Waals surface area contributed by atoms with Crippen LogP contribution in [0.15, 0.2) is 60.4 Å². The predicted molar refractivity (Wildman–Crippen MR) is 153 cm³/mol. The molecule has 1 fully saturated rings. The second-order valence-electron chi connectivity index (χ2n) is 10.2. The van der Waals surface area contributed by atoms with Crippen LogP contribution in [0.2, 0.25) is 0 Å². The van der Waals surface area contributed by atoms with E-state index in [0.717, 1.165) is 18.2 Å². The van der Waals surface area contributed by atoms with Crippen molar-refractivity contribution in [2.24, 2.45) is 0 Å². The highest BCUT2D eigenvalue weighted by Crippen LogP contribution is 2.47. The lowest BCUT2D eigenvalue weighted by Crippen LogP contribution is -2.59. The summed E-state index contributed by atoms with van der Waals surface area (Å²) >= 11 is 0. The summed E-state index contributed by atoms with van der Waals surface area (Å²) in [6.45, 7) is -0.547. The zero-order chi connectivity index (χ0) is 32.4. The van der Waals surface area contributed by atoms with E-state index < -0.39 is 60.9 Å². The highest BCUT2D eigenvalue weighted by molar-refractivity contribution is 5.87. The summed E-state index contributed by atoms with van der Waals surface area (Å²) < 4.78 is 27.9. The van der Waals surface area contributed by atoms with Crippen molar-refractivity contribution in [3.05, 3.63) is 77.1 Å². The van der Waals surface area contributed by atoms with Crippen molar-refractivity contribution in [1.29, 1.82) is 0 Å². The molecule has 2 aliphatic rings. The number of benzene rings is 3. The summed E-state index contributed by atoms with van der Waals surface area (Å²) in [5.74, 6) is -2.79. The largest absolute Gasteiger partial charge is 0.508 e. The first-order valence-corrected chi connectivity index (χ1v) is 13.5. The number of esters is 1. The molecule has 0 saturated carbocycles. The van der Waals surface area contributed by atoms with Gasteiger partial charge in [0.2, 0.25) is 12.0 Å². The van der Waals surface area contributed by atoms with Crippen LogP contribution >= 0.6 is 0 Å². The molecule has 5 rings (SSSR count). The maximum atomic E-state index is 12.3. The lowest BCUT2D eigenvalue weighted by Gasteiger charge is -2.41. The Bertz CT molecular complexity index is 1620. The topological polar surface area (TPSA) is 225 Å². The zero-order valence-electron chi connectivity index (χ0n) is 23.5. The number of carbonyl (C=O) groups is 1. The first kappa shape index (κ1) is 31.3. The minimum Gasteiger partial charge on any atom is -0.508 e. The average Bonchev–Trinajstić information content (AvgIpc) is 3.01. The highest BCUT2D eigenvalue weighted by Gasteiger charge is 2.46. The summed E-state index contributed by atoms with van der Waals surface area (Å²) in [5.41, 5.74) is 0.843. The van der Waals surface area contributed by atoms with E-state index in [1.54, 1.807) is 12.1 Å². The third kappa shape index (κ3) is 6.68. The molecule has 238 valence electrons. The number of phenols is 5. The van der Waals surface area contributed by atoms with Crippen LogP contribution in [0, 0.1) is 0 Å². The van der Waals surface area contributed by atoms with Gasteiger partial charge < -0.3 is 64.5 Å². The first-order chi connectivity index (χ1) is 21.4. The van der Waals surface area contributed by atoms with Crippen LogP contribution in [0.1, 0.15) is 22.8 Å². The summed E-state index contributed by atoms with van der Waals surface area (Å²) in [6.07, 6.45) is -5.75. The molecule has 0 amide bonds. The Kier molecular flexibility index (Phi) is 8.92. The predicted octanol–water partition coefficient (Wildman–Crippen LogP) is 1.78. The van der Waals surface area contributed by atoms with E-state index in [4.69, 9.17) is 23.7 Å². The van der Waals surface area contributed by atoms with Crippen molar-refractivity contribution in [3.8, 4) is 40.2 Å². The molecule has 2 heterocycles. The Labute approximate surface area is 255 Å². The molecule has 0 bridgehead atoms. The first-order valence-electron chi connectivity index (χ1n) is 13.5. The van der Waals surface area contributed by atoms with Crippen molar-refractivity contribution in [3.63, 3.8) is 0 Å². The Hall–Kier alpha value is -5.15. The van der Waals surface area contributed by atoms with E-state index in [1.807, 2.05) is 0 Å². The monoisotopic (exact) mass is 626 g/mol. The number of hydrogen-bond acceptors (Lipinski definition) is 14. The molecule has 45 heavy (non-hydrogen) atoms. The molecular formula is C31H30O14. The lowest BCUT2D eigenvalue weighted by atomic mass is 9.98. The summed E-state index contributed by atoms with van der Waals surface area (Å²) in [6, 6.07) is 10.8. The van der Waals surface area contributed by atoms with Crippen LogP contribution in [0.3, 0.4) is 0 Å². The number of rotatable bonds is 8. The summed E-state index contributed by atoms with van der Waals surface area (Å²) in [4.78, 5) is 12.3. The molecule has 3 aromatic carbocycles. The fourth-order valence-electron chi connectivity index (χ4n) is 4.74. The Morgan fingerprint density at radius 3 is 2.33 bits per heavy atom. The second-order valence-corrected chi connectivity index (χ2v) is 10.2. The molecule has 0 radical (unpaired) electrons. The van der Waals surface area contributed by atoms with Gasteiger partial charge in [-0.15, -0.1) is 0 Å². The van der Waals surface area contributed by atoms with Crippen LogP contribution in [0.4, 0.5) is 0 Å². The van der Waals surface area contributed by atoms with Crippen molar-refractivity contribution in [1.82, 2.24) is 0 Å². The number of aliphatic hydroxyl groups excluding tert-OH is 3. The molecule has 14 nitrogen and oxygen atoms in total. The number of phenolic OH excluding ortho intramolecular Hbond substituents is 5. The third-order valence-electron chi connectivity index (χ3n) is 7.11. The van der Waals surface area contributed by atoms with Gasteiger partial charge in [-0.2, -0.15) is 0 Å². The number of fused-ring (bicyclic) bond motifs is 1. The van der Waals surface area contributed by atoms with E-state index >= 15 is 0 Å². The normalized spacial score (nSPS) is 24.3. The minimum atomic E-state index is -1.82. The van der Waals surface area contributed by atoms with E-state index in [1.165, 1.54) is 43.5 Å². The van der Waals surface area contributed by atoms with Gasteiger partial charge in [-0.3, -0.25) is 0 Å². The molecular weight excluding hydrogens is 596 g/mol. The second kappa shape index (κ2) is 12.8. The number of carbonyl (C=O) groups excluding carboxylic acids is 1. The Morgan fingerprint density at radius 2 is 1.62 bits per heavy atom. The van der Waals surface area contributed by atoms with Crippen molar-refractivity contribution in [2.75, 3.05) is 13.7 Å². The number of aromatic hydroxyl groups is 5. The average molecular weight is 627 g/mol. The zero-order valence-corrected chi connectivity index (χ0v) is 23.5. The van der Waals surface area contributed by atoms with Gasteiger partial charge in [-0.05, 0) is 42.0 Å². The SMILES string of the molecule is COc1cc(C2Oc3cc(O)cc(O)c3C=C2OC2OC(COC(=O)C=Cc3ccc(O)cc3)C(O)C(O)C2O)cc(O)c1O. The molecule has 3 aromatic rings. The molecule has 8 N–H and O–H groups in total. The van der Waals surface area contributed by atoms with Crippen LogP contribution in [0.5, 0.6) is 40.2 Å². The smallest absolute Gasteiger partial charge is 0.330 e. The van der Waals surface area contributed by atoms with E-state index in [2.05, 4.69) is 0 Å². The maximum absolute atomic E-state index is 12.3. The van der Waals surface area contributed by atoms with E-state index in [-0.39, 0.29) is 45.6 Å². The molecule has 6 atom stereocenters.